The summed E-state index contributed by atoms with van der Waals surface area (Å²) in [5.41, 5.74) is 1.00. The van der Waals surface area contributed by atoms with Crippen LogP contribution in [-0.4, -0.2) is 36.7 Å². The fourth-order valence-corrected chi connectivity index (χ4v) is 2.94. The van der Waals surface area contributed by atoms with Crippen molar-refractivity contribution in [3.8, 4) is 17.4 Å². The first-order valence-electron chi connectivity index (χ1n) is 7.75. The van der Waals surface area contributed by atoms with Crippen molar-refractivity contribution in [2.45, 2.75) is 0 Å². The number of halogens is 2. The smallest absolute Gasteiger partial charge is 0.262 e. The zero-order valence-corrected chi connectivity index (χ0v) is 16.0. The van der Waals surface area contributed by atoms with Crippen LogP contribution in [0.15, 0.2) is 36.7 Å². The van der Waals surface area contributed by atoms with Crippen molar-refractivity contribution < 1.29 is 19.0 Å². The summed E-state index contributed by atoms with van der Waals surface area (Å²) in [5, 5.41) is 4.02. The first kappa shape index (κ1) is 19.0. The second-order valence-electron chi connectivity index (χ2n) is 5.40. The van der Waals surface area contributed by atoms with Gasteiger partial charge in [-0.05, 0) is 12.1 Å². The van der Waals surface area contributed by atoms with Gasteiger partial charge in [-0.1, -0.05) is 23.2 Å². The monoisotopic (exact) mass is 407 g/mol. The van der Waals surface area contributed by atoms with Crippen LogP contribution in [-0.2, 0) is 4.79 Å². The van der Waals surface area contributed by atoms with Crippen molar-refractivity contribution in [1.29, 1.82) is 0 Å². The van der Waals surface area contributed by atoms with E-state index in [1.807, 2.05) is 0 Å². The third-order valence-electron chi connectivity index (χ3n) is 3.60. The van der Waals surface area contributed by atoms with Gasteiger partial charge in [0.25, 0.3) is 5.91 Å². The number of carbonyl (C=O) groups excluding carboxylic acids is 1. The number of nitrogens with zero attached hydrogens (tertiary/aromatic N) is 2. The lowest BCUT2D eigenvalue weighted by Gasteiger charge is -2.11. The molecule has 3 rings (SSSR count). The molecule has 1 aromatic heterocycles. The minimum Gasteiger partial charge on any atom is -0.497 e. The van der Waals surface area contributed by atoms with E-state index in [1.54, 1.807) is 30.3 Å². The first-order chi connectivity index (χ1) is 13.0. The fourth-order valence-electron chi connectivity index (χ4n) is 2.39. The Kier molecular flexibility index (Phi) is 5.83. The predicted octanol–water partition coefficient (Wildman–Crippen LogP) is 3.97. The molecule has 3 aromatic rings. The Morgan fingerprint density at radius 3 is 2.41 bits per heavy atom. The van der Waals surface area contributed by atoms with Gasteiger partial charge >= 0.3 is 0 Å². The molecule has 0 aliphatic carbocycles. The summed E-state index contributed by atoms with van der Waals surface area (Å²) >= 11 is 12.2. The van der Waals surface area contributed by atoms with E-state index < -0.39 is 0 Å². The van der Waals surface area contributed by atoms with Crippen LogP contribution in [0, 0.1) is 0 Å². The first-order valence-corrected chi connectivity index (χ1v) is 8.51. The number of anilines is 1. The Hall–Kier alpha value is -2.77. The van der Waals surface area contributed by atoms with Crippen LogP contribution < -0.4 is 19.5 Å². The van der Waals surface area contributed by atoms with Crippen LogP contribution in [0.4, 0.5) is 5.69 Å². The van der Waals surface area contributed by atoms with Gasteiger partial charge in [-0.15, -0.1) is 0 Å². The Bertz CT molecular complexity index is 975. The Morgan fingerprint density at radius 2 is 1.74 bits per heavy atom. The van der Waals surface area contributed by atoms with Gasteiger partial charge in [0.15, 0.2) is 6.61 Å². The number of carbonyl (C=O) groups is 1. The van der Waals surface area contributed by atoms with E-state index in [4.69, 9.17) is 37.4 Å². The Balaban J connectivity index is 1.74. The maximum atomic E-state index is 12.2. The average Bonchev–Trinajstić information content (AvgIpc) is 2.66. The molecule has 0 fully saturated rings. The summed E-state index contributed by atoms with van der Waals surface area (Å²) in [6.45, 7) is -0.268. The molecular formula is C18H15Cl2N3O4. The molecule has 1 amide bonds. The number of hydrogen-bond acceptors (Lipinski definition) is 6. The second-order valence-corrected chi connectivity index (χ2v) is 6.24. The van der Waals surface area contributed by atoms with Gasteiger partial charge in [0.05, 0.1) is 30.1 Å². The maximum Gasteiger partial charge on any atom is 0.262 e. The molecule has 1 N–H and O–H groups in total. The normalized spacial score (nSPS) is 10.5. The number of amides is 1. The number of rotatable bonds is 6. The third kappa shape index (κ3) is 4.50. The van der Waals surface area contributed by atoms with Crippen molar-refractivity contribution in [2.75, 3.05) is 26.1 Å². The molecule has 0 aliphatic rings. The summed E-state index contributed by atoms with van der Waals surface area (Å²) in [4.78, 5) is 20.4. The Labute approximate surface area is 165 Å². The lowest BCUT2D eigenvalue weighted by Crippen LogP contribution is -2.20. The average molecular weight is 408 g/mol. The summed E-state index contributed by atoms with van der Waals surface area (Å²) in [6, 6.07) is 8.24. The van der Waals surface area contributed by atoms with Gasteiger partial charge in [0.2, 0.25) is 5.88 Å². The van der Waals surface area contributed by atoms with Crippen molar-refractivity contribution in [1.82, 2.24) is 9.97 Å². The highest BCUT2D eigenvalue weighted by Gasteiger charge is 2.12. The van der Waals surface area contributed by atoms with Gasteiger partial charge in [0.1, 0.15) is 17.8 Å². The number of hydrogen-bond donors (Lipinski definition) is 1. The van der Waals surface area contributed by atoms with Gasteiger partial charge < -0.3 is 19.5 Å². The third-order valence-corrected chi connectivity index (χ3v) is 4.10. The molecule has 7 nitrogen and oxygen atoms in total. The fraction of sp³-hybridized carbons (Fsp3) is 0.167. The molecular weight excluding hydrogens is 393 g/mol. The minimum absolute atomic E-state index is 0.211. The molecule has 0 saturated carbocycles. The summed E-state index contributed by atoms with van der Waals surface area (Å²) in [6.07, 6.45) is 1.31. The minimum atomic E-state index is -0.384. The molecule has 0 unspecified atom stereocenters. The lowest BCUT2D eigenvalue weighted by molar-refractivity contribution is -0.118. The van der Waals surface area contributed by atoms with Gasteiger partial charge in [-0.2, -0.15) is 0 Å². The van der Waals surface area contributed by atoms with Crippen molar-refractivity contribution in [3.63, 3.8) is 0 Å². The van der Waals surface area contributed by atoms with Crippen LogP contribution in [0.25, 0.3) is 10.9 Å². The number of ether oxygens (including phenoxy) is 3. The topological polar surface area (TPSA) is 82.6 Å². The van der Waals surface area contributed by atoms with E-state index in [-0.39, 0.29) is 18.4 Å². The van der Waals surface area contributed by atoms with Crippen LogP contribution in [0.1, 0.15) is 0 Å². The zero-order valence-electron chi connectivity index (χ0n) is 14.5. The van der Waals surface area contributed by atoms with Crippen molar-refractivity contribution >= 4 is 45.7 Å². The van der Waals surface area contributed by atoms with E-state index in [2.05, 4.69) is 15.3 Å². The summed E-state index contributed by atoms with van der Waals surface area (Å²) in [7, 11) is 3.06. The van der Waals surface area contributed by atoms with Crippen LogP contribution >= 0.6 is 23.2 Å². The van der Waals surface area contributed by atoms with Crippen molar-refractivity contribution in [3.05, 3.63) is 46.7 Å². The molecule has 0 bridgehead atoms. The molecule has 2 aromatic carbocycles. The van der Waals surface area contributed by atoms with E-state index >= 15 is 0 Å². The number of fused-ring (bicyclic) bond motifs is 1. The van der Waals surface area contributed by atoms with E-state index in [0.29, 0.717) is 38.1 Å². The van der Waals surface area contributed by atoms with Crippen LogP contribution in [0.2, 0.25) is 10.0 Å². The highest BCUT2D eigenvalue weighted by Crippen LogP contribution is 2.31. The van der Waals surface area contributed by atoms with Gasteiger partial charge in [-0.3, -0.25) is 4.79 Å². The molecule has 0 atom stereocenters. The quantitative estimate of drug-likeness (QED) is 0.665. The second kappa shape index (κ2) is 8.28. The summed E-state index contributed by atoms with van der Waals surface area (Å²) < 4.78 is 15.9. The molecule has 0 spiro atoms. The number of methoxy groups -OCH3 is 2. The number of aromatic nitrogens is 2. The van der Waals surface area contributed by atoms with Gasteiger partial charge in [-0.25, -0.2) is 9.97 Å². The predicted molar refractivity (Wildman–Crippen MR) is 103 cm³/mol. The molecule has 27 heavy (non-hydrogen) atoms. The molecule has 9 heteroatoms. The summed E-state index contributed by atoms with van der Waals surface area (Å²) in [5.74, 6) is 0.932. The molecule has 0 radical (unpaired) electrons. The van der Waals surface area contributed by atoms with E-state index in [9.17, 15) is 4.79 Å². The standard InChI is InChI=1S/C18H15Cl2N3O4/c1-25-12-5-11(6-13(7-12)26-2)23-16(24)8-27-18-14-3-10(19)4-15(20)17(14)21-9-22-18/h3-7,9H,8H2,1-2H3,(H,23,24). The van der Waals surface area contributed by atoms with E-state index in [1.165, 1.54) is 20.5 Å². The lowest BCUT2D eigenvalue weighted by atomic mass is 10.2. The zero-order chi connectivity index (χ0) is 19.4. The highest BCUT2D eigenvalue weighted by molar-refractivity contribution is 6.38. The molecule has 0 aliphatic heterocycles. The van der Waals surface area contributed by atoms with Crippen LogP contribution in [0.5, 0.6) is 17.4 Å². The molecule has 140 valence electrons. The molecule has 1 heterocycles. The maximum absolute atomic E-state index is 12.2. The van der Waals surface area contributed by atoms with Crippen LogP contribution in [0.3, 0.4) is 0 Å². The number of nitrogens with one attached hydrogen (secondary N) is 1. The highest BCUT2D eigenvalue weighted by atomic mass is 35.5. The largest absolute Gasteiger partial charge is 0.497 e. The van der Waals surface area contributed by atoms with E-state index in [0.717, 1.165) is 0 Å². The molecule has 0 saturated heterocycles. The van der Waals surface area contributed by atoms with Gasteiger partial charge in [0, 0.05) is 28.9 Å². The Morgan fingerprint density at radius 1 is 1.04 bits per heavy atom. The number of benzene rings is 2. The van der Waals surface area contributed by atoms with Crippen molar-refractivity contribution in [2.24, 2.45) is 0 Å². The SMILES string of the molecule is COc1cc(NC(=O)COc2ncnc3c(Cl)cc(Cl)cc23)cc(OC)c1.